The number of allylic oxidation sites excluding steroid dienone is 4. The van der Waals surface area contributed by atoms with Crippen molar-refractivity contribution in [2.24, 2.45) is 10.8 Å². The lowest BCUT2D eigenvalue weighted by molar-refractivity contribution is -0.138. The fourth-order valence-corrected chi connectivity index (χ4v) is 7.78. The van der Waals surface area contributed by atoms with E-state index in [0.29, 0.717) is 62.9 Å². The van der Waals surface area contributed by atoms with Crippen LogP contribution in [-0.4, -0.2) is 34.1 Å². The standard InChI is InChI=1S/C32H32Br2FNO5/c1-31(2)11-22-28(24(37)13-31)27(29-23(36(22)15-26(39)40)12-32(3,4)14-25(29)38)18-9-20(33)30(21(34)10-18)41-16-17-5-7-19(35)8-6-17/h5-10,27H,11-16H2,1-4H3,(H,39,40). The monoisotopic (exact) mass is 687 g/mol. The average molecular weight is 689 g/mol. The van der Waals surface area contributed by atoms with Crippen molar-refractivity contribution >= 4 is 49.4 Å². The predicted molar refractivity (Wildman–Crippen MR) is 160 cm³/mol. The predicted octanol–water partition coefficient (Wildman–Crippen LogP) is 7.70. The summed E-state index contributed by atoms with van der Waals surface area (Å²) in [5, 5.41) is 9.87. The van der Waals surface area contributed by atoms with E-state index in [1.165, 1.54) is 12.1 Å². The third-order valence-electron chi connectivity index (χ3n) is 7.97. The Morgan fingerprint density at radius 3 is 1.88 bits per heavy atom. The molecule has 3 aliphatic rings. The third kappa shape index (κ3) is 5.93. The number of aliphatic carboxylic acids is 1. The minimum atomic E-state index is -1.01. The van der Waals surface area contributed by atoms with Crippen LogP contribution in [0.2, 0.25) is 0 Å². The highest BCUT2D eigenvalue weighted by atomic mass is 79.9. The van der Waals surface area contributed by atoms with Gasteiger partial charge in [0.25, 0.3) is 0 Å². The van der Waals surface area contributed by atoms with E-state index in [1.807, 2.05) is 39.8 Å². The van der Waals surface area contributed by atoms with Crippen molar-refractivity contribution in [2.45, 2.75) is 65.9 Å². The molecule has 0 aromatic heterocycles. The van der Waals surface area contributed by atoms with E-state index in [9.17, 15) is 23.9 Å². The molecule has 2 aromatic carbocycles. The average Bonchev–Trinajstić information content (AvgIpc) is 2.83. The van der Waals surface area contributed by atoms with Crippen LogP contribution >= 0.6 is 31.9 Å². The molecule has 9 heteroatoms. The molecule has 41 heavy (non-hydrogen) atoms. The number of benzene rings is 2. The topological polar surface area (TPSA) is 83.9 Å². The van der Waals surface area contributed by atoms with Gasteiger partial charge in [0, 0.05) is 41.3 Å². The second-order valence-corrected chi connectivity index (χ2v) is 14.5. The van der Waals surface area contributed by atoms with Crippen LogP contribution < -0.4 is 4.74 Å². The van der Waals surface area contributed by atoms with Gasteiger partial charge in [0.05, 0.1) is 8.95 Å². The summed E-state index contributed by atoms with van der Waals surface area (Å²) in [5.74, 6) is -1.54. The number of carbonyl (C=O) groups is 3. The SMILES string of the molecule is CC1(C)CC(=O)C2=C(C1)N(CC(=O)O)C1=C(C(=O)CC(C)(C)C1)C2c1cc(Br)c(OCc2ccc(F)cc2)c(Br)c1. The highest BCUT2D eigenvalue weighted by molar-refractivity contribution is 9.11. The Balaban J connectivity index is 1.64. The summed E-state index contributed by atoms with van der Waals surface area (Å²) < 4.78 is 20.6. The van der Waals surface area contributed by atoms with Crippen molar-refractivity contribution < 1.29 is 28.6 Å². The number of rotatable bonds is 6. The highest BCUT2D eigenvalue weighted by Gasteiger charge is 2.49. The molecule has 216 valence electrons. The minimum absolute atomic E-state index is 0.0651. The lowest BCUT2D eigenvalue weighted by atomic mass is 9.63. The van der Waals surface area contributed by atoms with Crippen LogP contribution in [0.1, 0.15) is 70.4 Å². The lowest BCUT2D eigenvalue weighted by Gasteiger charge is -2.48. The number of carbonyl (C=O) groups excluding carboxylic acids is 2. The molecule has 6 nitrogen and oxygen atoms in total. The van der Waals surface area contributed by atoms with E-state index in [2.05, 4.69) is 31.9 Å². The summed E-state index contributed by atoms with van der Waals surface area (Å²) in [6, 6.07) is 9.82. The summed E-state index contributed by atoms with van der Waals surface area (Å²) in [6.45, 7) is 7.98. The zero-order valence-corrected chi connectivity index (χ0v) is 26.6. The first-order valence-corrected chi connectivity index (χ1v) is 15.1. The Morgan fingerprint density at radius 1 is 0.927 bits per heavy atom. The van der Waals surface area contributed by atoms with Gasteiger partial charge in [0.15, 0.2) is 11.6 Å². The molecule has 2 aliphatic carbocycles. The van der Waals surface area contributed by atoms with Gasteiger partial charge >= 0.3 is 5.97 Å². The Labute approximate surface area is 255 Å². The molecule has 0 bridgehead atoms. The zero-order valence-electron chi connectivity index (χ0n) is 23.4. The highest BCUT2D eigenvalue weighted by Crippen LogP contribution is 2.55. The first-order chi connectivity index (χ1) is 19.2. The zero-order chi connectivity index (χ0) is 29.9. The normalized spacial score (nSPS) is 20.2. The molecule has 2 aromatic rings. The van der Waals surface area contributed by atoms with E-state index in [0.717, 1.165) is 11.1 Å². The van der Waals surface area contributed by atoms with Gasteiger partial charge in [0.1, 0.15) is 24.7 Å². The second-order valence-electron chi connectivity index (χ2n) is 12.7. The molecular weight excluding hydrogens is 657 g/mol. The van der Waals surface area contributed by atoms with E-state index in [1.54, 1.807) is 17.0 Å². The van der Waals surface area contributed by atoms with E-state index < -0.39 is 11.9 Å². The van der Waals surface area contributed by atoms with Gasteiger partial charge in [-0.15, -0.1) is 0 Å². The van der Waals surface area contributed by atoms with Gasteiger partial charge < -0.3 is 14.7 Å². The molecule has 1 heterocycles. The second kappa shape index (κ2) is 10.8. The van der Waals surface area contributed by atoms with Crippen LogP contribution in [0.3, 0.4) is 0 Å². The number of hydrogen-bond donors (Lipinski definition) is 1. The van der Waals surface area contributed by atoms with Crippen LogP contribution in [0.5, 0.6) is 5.75 Å². The number of hydrogen-bond acceptors (Lipinski definition) is 5. The summed E-state index contributed by atoms with van der Waals surface area (Å²) in [7, 11) is 0. The van der Waals surface area contributed by atoms with Crippen LogP contribution in [0.25, 0.3) is 0 Å². The molecule has 0 spiro atoms. The fourth-order valence-electron chi connectivity index (χ4n) is 6.33. The molecule has 0 radical (unpaired) electrons. The van der Waals surface area contributed by atoms with Crippen LogP contribution in [0, 0.1) is 16.6 Å². The summed E-state index contributed by atoms with van der Waals surface area (Å²) in [6.07, 6.45) is 1.69. The Morgan fingerprint density at radius 2 is 1.41 bits per heavy atom. The van der Waals surface area contributed by atoms with E-state index >= 15 is 0 Å². The number of carboxylic acid groups (broad SMARTS) is 1. The first kappa shape index (κ1) is 29.7. The van der Waals surface area contributed by atoms with Crippen LogP contribution in [0.4, 0.5) is 4.39 Å². The molecule has 1 aliphatic heterocycles. The van der Waals surface area contributed by atoms with E-state index in [-0.39, 0.29) is 41.4 Å². The summed E-state index contributed by atoms with van der Waals surface area (Å²) in [5.41, 5.74) is 3.28. The molecule has 0 saturated carbocycles. The Bertz CT molecular complexity index is 1450. The largest absolute Gasteiger partial charge is 0.487 e. The number of ether oxygens (including phenoxy) is 1. The maximum Gasteiger partial charge on any atom is 0.323 e. The molecular formula is C32H32Br2FNO5. The fraction of sp³-hybridized carbons (Fsp3) is 0.406. The van der Waals surface area contributed by atoms with Crippen molar-refractivity contribution in [3.8, 4) is 5.75 Å². The molecule has 0 amide bonds. The Kier molecular flexibility index (Phi) is 7.83. The maximum atomic E-state index is 13.8. The lowest BCUT2D eigenvalue weighted by Crippen LogP contribution is -2.45. The van der Waals surface area contributed by atoms with Gasteiger partial charge in [-0.2, -0.15) is 0 Å². The Hall–Kier alpha value is -2.78. The van der Waals surface area contributed by atoms with Gasteiger partial charge in [-0.1, -0.05) is 39.8 Å². The molecule has 0 atom stereocenters. The maximum absolute atomic E-state index is 13.8. The van der Waals surface area contributed by atoms with Crippen molar-refractivity contribution in [1.82, 2.24) is 4.90 Å². The number of halogens is 3. The van der Waals surface area contributed by atoms with Crippen molar-refractivity contribution in [1.29, 1.82) is 0 Å². The molecule has 1 N–H and O–H groups in total. The van der Waals surface area contributed by atoms with Gasteiger partial charge in [-0.3, -0.25) is 14.4 Å². The molecule has 0 fully saturated rings. The van der Waals surface area contributed by atoms with Crippen molar-refractivity contribution in [2.75, 3.05) is 6.54 Å². The number of carboxylic acids is 1. The minimum Gasteiger partial charge on any atom is -0.487 e. The molecule has 0 saturated heterocycles. The van der Waals surface area contributed by atoms with Crippen LogP contribution in [0.15, 0.2) is 67.9 Å². The van der Waals surface area contributed by atoms with Gasteiger partial charge in [-0.25, -0.2) is 4.39 Å². The van der Waals surface area contributed by atoms with Crippen molar-refractivity contribution in [3.05, 3.63) is 84.8 Å². The summed E-state index contributed by atoms with van der Waals surface area (Å²) in [4.78, 5) is 41.5. The number of Topliss-reactive ketones (excluding diaryl/α,β-unsaturated/α-hetero) is 2. The number of nitrogens with zero attached hydrogens (tertiary/aromatic N) is 1. The molecule has 0 unspecified atom stereocenters. The molecule has 5 rings (SSSR count). The van der Waals surface area contributed by atoms with Crippen molar-refractivity contribution in [3.63, 3.8) is 0 Å². The smallest absolute Gasteiger partial charge is 0.323 e. The van der Waals surface area contributed by atoms with Gasteiger partial charge in [-0.05, 0) is 90.9 Å². The number of ketones is 2. The van der Waals surface area contributed by atoms with Gasteiger partial charge in [0.2, 0.25) is 0 Å². The first-order valence-electron chi connectivity index (χ1n) is 13.5. The van der Waals surface area contributed by atoms with E-state index in [4.69, 9.17) is 4.74 Å². The van der Waals surface area contributed by atoms with Crippen LogP contribution in [-0.2, 0) is 21.0 Å². The quantitative estimate of drug-likeness (QED) is 0.335. The third-order valence-corrected chi connectivity index (χ3v) is 9.14. The summed E-state index contributed by atoms with van der Waals surface area (Å²) >= 11 is 7.26.